The lowest BCUT2D eigenvalue weighted by atomic mass is 9.93. The van der Waals surface area contributed by atoms with Crippen molar-refractivity contribution in [3.63, 3.8) is 0 Å². The number of nitrogens with one attached hydrogen (secondary N) is 1. The van der Waals surface area contributed by atoms with Crippen molar-refractivity contribution in [1.82, 2.24) is 4.90 Å². The molecule has 21 heavy (non-hydrogen) atoms. The molecule has 5 nitrogen and oxygen atoms in total. The Morgan fingerprint density at radius 3 is 2.76 bits per heavy atom. The van der Waals surface area contributed by atoms with Crippen LogP contribution in [0.5, 0.6) is 0 Å². The molecular weight excluding hydrogens is 266 g/mol. The Bertz CT molecular complexity index is 492. The van der Waals surface area contributed by atoms with E-state index in [1.807, 2.05) is 38.1 Å². The average molecular weight is 291 g/mol. The van der Waals surface area contributed by atoms with Crippen molar-refractivity contribution in [2.45, 2.75) is 44.9 Å². The van der Waals surface area contributed by atoms with Crippen LogP contribution in [0, 0.1) is 0 Å². The lowest BCUT2D eigenvalue weighted by molar-refractivity contribution is -0.122. The van der Waals surface area contributed by atoms with E-state index in [9.17, 15) is 9.90 Å². The Kier molecular flexibility index (Phi) is 4.98. The molecular formula is C16H25N3O2. The quantitative estimate of drug-likeness (QED) is 0.782. The largest absolute Gasteiger partial charge is 0.390 e. The highest BCUT2D eigenvalue weighted by molar-refractivity contribution is 5.94. The summed E-state index contributed by atoms with van der Waals surface area (Å²) < 4.78 is 0. The lowest BCUT2D eigenvalue weighted by Gasteiger charge is -2.38. The van der Waals surface area contributed by atoms with E-state index in [0.29, 0.717) is 19.4 Å². The van der Waals surface area contributed by atoms with Gasteiger partial charge in [-0.1, -0.05) is 12.1 Å². The first-order chi connectivity index (χ1) is 9.91. The first-order valence-corrected chi connectivity index (χ1v) is 7.47. The van der Waals surface area contributed by atoms with Crippen LogP contribution in [0.2, 0.25) is 0 Å². The highest BCUT2D eigenvalue weighted by atomic mass is 16.3. The van der Waals surface area contributed by atoms with Crippen molar-refractivity contribution in [3.8, 4) is 0 Å². The van der Waals surface area contributed by atoms with Crippen LogP contribution in [0.15, 0.2) is 24.3 Å². The molecule has 1 heterocycles. The first kappa shape index (κ1) is 15.9. The molecule has 4 N–H and O–H groups in total. The van der Waals surface area contributed by atoms with Gasteiger partial charge in [-0.05, 0) is 44.4 Å². The van der Waals surface area contributed by atoms with Crippen molar-refractivity contribution in [1.29, 1.82) is 0 Å². The molecule has 5 heteroatoms. The van der Waals surface area contributed by atoms with Gasteiger partial charge in [-0.15, -0.1) is 0 Å². The highest BCUT2D eigenvalue weighted by Crippen LogP contribution is 2.23. The number of nitrogens with zero attached hydrogens (tertiary/aromatic N) is 1. The van der Waals surface area contributed by atoms with E-state index in [1.165, 1.54) is 0 Å². The predicted molar refractivity (Wildman–Crippen MR) is 83.9 cm³/mol. The van der Waals surface area contributed by atoms with Gasteiger partial charge in [-0.3, -0.25) is 9.69 Å². The predicted octanol–water partition coefficient (Wildman–Crippen LogP) is 1.32. The summed E-state index contributed by atoms with van der Waals surface area (Å²) in [6.07, 6.45) is 1.40. The third-order valence-corrected chi connectivity index (χ3v) is 4.23. The van der Waals surface area contributed by atoms with Crippen molar-refractivity contribution in [3.05, 3.63) is 29.8 Å². The minimum atomic E-state index is -0.595. The minimum absolute atomic E-state index is 0.0225. The number of anilines is 1. The number of hydrogen-bond acceptors (Lipinski definition) is 4. The third kappa shape index (κ3) is 4.27. The molecule has 1 aromatic carbocycles. The Morgan fingerprint density at radius 1 is 1.48 bits per heavy atom. The van der Waals surface area contributed by atoms with Gasteiger partial charge < -0.3 is 16.2 Å². The maximum Gasteiger partial charge on any atom is 0.241 e. The second-order valence-corrected chi connectivity index (χ2v) is 6.10. The second-order valence-electron chi connectivity index (χ2n) is 6.10. The Morgan fingerprint density at radius 2 is 2.14 bits per heavy atom. The summed E-state index contributed by atoms with van der Waals surface area (Å²) in [6, 6.07) is 7.38. The van der Waals surface area contributed by atoms with E-state index in [2.05, 4.69) is 10.2 Å². The van der Waals surface area contributed by atoms with Gasteiger partial charge in [0.15, 0.2) is 0 Å². The van der Waals surface area contributed by atoms with Crippen LogP contribution in [-0.2, 0) is 11.3 Å². The van der Waals surface area contributed by atoms with Crippen molar-refractivity contribution in [2.75, 3.05) is 18.4 Å². The fourth-order valence-electron chi connectivity index (χ4n) is 2.58. The number of likely N-dealkylation sites (tertiary alicyclic amines) is 1. The summed E-state index contributed by atoms with van der Waals surface area (Å²) in [6.45, 7) is 5.70. The topological polar surface area (TPSA) is 78.6 Å². The summed E-state index contributed by atoms with van der Waals surface area (Å²) in [5, 5.41) is 12.9. The number of amides is 1. The zero-order valence-corrected chi connectivity index (χ0v) is 12.8. The lowest BCUT2D eigenvalue weighted by Crippen LogP contribution is -2.49. The van der Waals surface area contributed by atoms with Crippen LogP contribution in [0.1, 0.15) is 32.3 Å². The first-order valence-electron chi connectivity index (χ1n) is 7.47. The summed E-state index contributed by atoms with van der Waals surface area (Å²) in [5.74, 6) is -0.0225. The van der Waals surface area contributed by atoms with E-state index in [0.717, 1.165) is 24.3 Å². The van der Waals surface area contributed by atoms with Gasteiger partial charge in [0.25, 0.3) is 0 Å². The molecule has 1 amide bonds. The fraction of sp³-hybridized carbons (Fsp3) is 0.562. The molecule has 116 valence electrons. The van der Waals surface area contributed by atoms with Crippen molar-refractivity contribution < 1.29 is 9.90 Å². The summed E-state index contributed by atoms with van der Waals surface area (Å²) in [7, 11) is 0. The second kappa shape index (κ2) is 6.56. The molecule has 0 aromatic heterocycles. The SMILES string of the molecule is CC(C(=O)Nc1cccc(CN)c1)N1CCC(C)(O)CC1. The van der Waals surface area contributed by atoms with Gasteiger partial charge >= 0.3 is 0 Å². The molecule has 0 radical (unpaired) electrons. The molecule has 1 fully saturated rings. The van der Waals surface area contributed by atoms with Gasteiger partial charge in [0.05, 0.1) is 11.6 Å². The molecule has 1 aliphatic rings. The van der Waals surface area contributed by atoms with Crippen LogP contribution in [0.3, 0.4) is 0 Å². The maximum atomic E-state index is 12.3. The fourth-order valence-corrected chi connectivity index (χ4v) is 2.58. The van der Waals surface area contributed by atoms with Gasteiger partial charge in [-0.25, -0.2) is 0 Å². The standard InChI is InChI=1S/C16H25N3O2/c1-12(19-8-6-16(2,21)7-9-19)15(20)18-14-5-3-4-13(10-14)11-17/h3-5,10,12,21H,6-9,11,17H2,1-2H3,(H,18,20). The van der Waals surface area contributed by atoms with Gasteiger partial charge in [0.2, 0.25) is 5.91 Å². The smallest absolute Gasteiger partial charge is 0.241 e. The number of hydrogen-bond donors (Lipinski definition) is 3. The normalized spacial score (nSPS) is 20.0. The van der Waals surface area contributed by atoms with Crippen LogP contribution in [0.25, 0.3) is 0 Å². The summed E-state index contributed by atoms with van der Waals surface area (Å²) in [5.41, 5.74) is 6.78. The van der Waals surface area contributed by atoms with Crippen LogP contribution in [-0.4, -0.2) is 40.6 Å². The van der Waals surface area contributed by atoms with Gasteiger partial charge in [0, 0.05) is 25.3 Å². The number of piperidine rings is 1. The van der Waals surface area contributed by atoms with E-state index < -0.39 is 5.60 Å². The average Bonchev–Trinajstić information content (AvgIpc) is 2.46. The van der Waals surface area contributed by atoms with E-state index in [4.69, 9.17) is 5.73 Å². The Labute approximate surface area is 126 Å². The van der Waals surface area contributed by atoms with Crippen molar-refractivity contribution in [2.24, 2.45) is 5.73 Å². The third-order valence-electron chi connectivity index (χ3n) is 4.23. The number of carbonyl (C=O) groups is 1. The number of rotatable bonds is 4. The van der Waals surface area contributed by atoms with E-state index in [-0.39, 0.29) is 11.9 Å². The van der Waals surface area contributed by atoms with Crippen LogP contribution < -0.4 is 11.1 Å². The molecule has 0 spiro atoms. The molecule has 0 bridgehead atoms. The molecule has 0 aliphatic carbocycles. The number of carbonyl (C=O) groups excluding carboxylic acids is 1. The number of benzene rings is 1. The molecule has 1 unspecified atom stereocenters. The van der Waals surface area contributed by atoms with Crippen LogP contribution >= 0.6 is 0 Å². The minimum Gasteiger partial charge on any atom is -0.390 e. The molecule has 1 atom stereocenters. The summed E-state index contributed by atoms with van der Waals surface area (Å²) in [4.78, 5) is 14.4. The van der Waals surface area contributed by atoms with E-state index >= 15 is 0 Å². The zero-order chi connectivity index (χ0) is 15.5. The van der Waals surface area contributed by atoms with E-state index in [1.54, 1.807) is 0 Å². The molecule has 0 saturated carbocycles. The molecule has 1 aliphatic heterocycles. The number of aliphatic hydroxyl groups is 1. The summed E-state index contributed by atoms with van der Waals surface area (Å²) >= 11 is 0. The molecule has 2 rings (SSSR count). The number of nitrogens with two attached hydrogens (primary N) is 1. The monoisotopic (exact) mass is 291 g/mol. The molecule has 1 aromatic rings. The van der Waals surface area contributed by atoms with Gasteiger partial charge in [0.1, 0.15) is 0 Å². The van der Waals surface area contributed by atoms with Crippen LogP contribution in [0.4, 0.5) is 5.69 Å². The Hall–Kier alpha value is -1.43. The Balaban J connectivity index is 1.93. The maximum absolute atomic E-state index is 12.3. The van der Waals surface area contributed by atoms with Crippen molar-refractivity contribution >= 4 is 11.6 Å². The molecule has 1 saturated heterocycles. The van der Waals surface area contributed by atoms with Gasteiger partial charge in [-0.2, -0.15) is 0 Å². The highest BCUT2D eigenvalue weighted by Gasteiger charge is 2.31. The zero-order valence-electron chi connectivity index (χ0n) is 12.8.